The SMILES string of the molecule is C=CCN1C(=O)/C(=C/c2c(OCc3ccccc3)ccc3ccccc23)SC1=S. The Labute approximate surface area is 179 Å². The van der Waals surface area contributed by atoms with Crippen LogP contribution in [-0.4, -0.2) is 21.7 Å². The van der Waals surface area contributed by atoms with Crippen LogP contribution in [0.4, 0.5) is 0 Å². The number of carbonyl (C=O) groups excluding carboxylic acids is 1. The minimum Gasteiger partial charge on any atom is -0.488 e. The smallest absolute Gasteiger partial charge is 0.266 e. The van der Waals surface area contributed by atoms with Crippen molar-refractivity contribution >= 4 is 51.1 Å². The first-order valence-electron chi connectivity index (χ1n) is 9.22. The molecule has 29 heavy (non-hydrogen) atoms. The van der Waals surface area contributed by atoms with Crippen LogP contribution in [0.25, 0.3) is 16.8 Å². The highest BCUT2D eigenvalue weighted by atomic mass is 32.2. The summed E-state index contributed by atoms with van der Waals surface area (Å²) in [7, 11) is 0. The Bertz CT molecular complexity index is 1120. The zero-order valence-corrected chi connectivity index (χ0v) is 17.3. The number of hydrogen-bond donors (Lipinski definition) is 0. The minimum atomic E-state index is -0.0955. The molecule has 0 spiro atoms. The van der Waals surface area contributed by atoms with E-state index in [-0.39, 0.29) is 5.91 Å². The first kappa shape index (κ1) is 19.4. The largest absolute Gasteiger partial charge is 0.488 e. The van der Waals surface area contributed by atoms with Gasteiger partial charge in [0.15, 0.2) is 0 Å². The molecule has 0 bridgehead atoms. The van der Waals surface area contributed by atoms with Gasteiger partial charge in [-0.2, -0.15) is 0 Å². The van der Waals surface area contributed by atoms with Crippen LogP contribution in [0.5, 0.6) is 5.75 Å². The second-order valence-electron chi connectivity index (χ2n) is 6.55. The number of benzene rings is 3. The lowest BCUT2D eigenvalue weighted by Crippen LogP contribution is -2.27. The Morgan fingerprint density at radius 3 is 2.59 bits per heavy atom. The van der Waals surface area contributed by atoms with E-state index in [9.17, 15) is 4.79 Å². The van der Waals surface area contributed by atoms with E-state index in [0.29, 0.717) is 22.4 Å². The fourth-order valence-corrected chi connectivity index (χ4v) is 4.46. The van der Waals surface area contributed by atoms with Gasteiger partial charge >= 0.3 is 0 Å². The van der Waals surface area contributed by atoms with Crippen molar-refractivity contribution < 1.29 is 9.53 Å². The van der Waals surface area contributed by atoms with E-state index in [1.165, 1.54) is 11.8 Å². The molecule has 1 amide bonds. The lowest BCUT2D eigenvalue weighted by Gasteiger charge is -2.13. The average molecular weight is 418 g/mol. The molecule has 3 aromatic carbocycles. The molecule has 0 radical (unpaired) electrons. The van der Waals surface area contributed by atoms with E-state index in [1.54, 1.807) is 11.0 Å². The second kappa shape index (κ2) is 8.64. The number of fused-ring (bicyclic) bond motifs is 1. The van der Waals surface area contributed by atoms with Crippen LogP contribution < -0.4 is 4.74 Å². The number of rotatable bonds is 6. The van der Waals surface area contributed by atoms with Crippen LogP contribution in [0.2, 0.25) is 0 Å². The molecule has 144 valence electrons. The summed E-state index contributed by atoms with van der Waals surface area (Å²) in [6.45, 7) is 4.58. The highest BCUT2D eigenvalue weighted by molar-refractivity contribution is 8.26. The molecule has 1 heterocycles. The molecular weight excluding hydrogens is 398 g/mol. The third kappa shape index (κ3) is 4.11. The van der Waals surface area contributed by atoms with Crippen molar-refractivity contribution in [3.63, 3.8) is 0 Å². The first-order chi connectivity index (χ1) is 14.2. The van der Waals surface area contributed by atoms with Crippen molar-refractivity contribution in [3.05, 3.63) is 95.4 Å². The van der Waals surface area contributed by atoms with Gasteiger partial charge in [0.05, 0.1) is 4.91 Å². The van der Waals surface area contributed by atoms with Crippen LogP contribution in [0.1, 0.15) is 11.1 Å². The Hall–Kier alpha value is -2.89. The molecule has 1 aliphatic rings. The van der Waals surface area contributed by atoms with Gasteiger partial charge in [0.2, 0.25) is 0 Å². The van der Waals surface area contributed by atoms with Crippen molar-refractivity contribution in [2.24, 2.45) is 0 Å². The summed E-state index contributed by atoms with van der Waals surface area (Å²) in [4.78, 5) is 15.0. The Balaban J connectivity index is 1.74. The van der Waals surface area contributed by atoms with Crippen molar-refractivity contribution in [2.75, 3.05) is 6.54 Å². The predicted octanol–water partition coefficient (Wildman–Crippen LogP) is 5.81. The summed E-state index contributed by atoms with van der Waals surface area (Å²) in [5.41, 5.74) is 1.97. The van der Waals surface area contributed by atoms with E-state index in [4.69, 9.17) is 17.0 Å². The molecule has 0 saturated carbocycles. The normalized spacial score (nSPS) is 15.3. The van der Waals surface area contributed by atoms with Gasteiger partial charge in [0.25, 0.3) is 5.91 Å². The lowest BCUT2D eigenvalue weighted by atomic mass is 10.0. The van der Waals surface area contributed by atoms with Crippen LogP contribution in [0, 0.1) is 0 Å². The molecule has 0 atom stereocenters. The molecule has 0 aromatic heterocycles. The van der Waals surface area contributed by atoms with Crippen LogP contribution in [0.15, 0.2) is 84.3 Å². The molecule has 3 aromatic rings. The fourth-order valence-electron chi connectivity index (χ4n) is 3.20. The Morgan fingerprint density at radius 1 is 1.03 bits per heavy atom. The molecule has 3 nitrogen and oxygen atoms in total. The third-order valence-corrected chi connectivity index (χ3v) is 6.01. The van der Waals surface area contributed by atoms with Crippen molar-refractivity contribution in [1.82, 2.24) is 4.90 Å². The van der Waals surface area contributed by atoms with Crippen molar-refractivity contribution in [1.29, 1.82) is 0 Å². The maximum Gasteiger partial charge on any atom is 0.266 e. The summed E-state index contributed by atoms with van der Waals surface area (Å²) >= 11 is 6.68. The van der Waals surface area contributed by atoms with E-state index in [1.807, 2.05) is 66.7 Å². The molecule has 5 heteroatoms. The summed E-state index contributed by atoms with van der Waals surface area (Å²) in [6.07, 6.45) is 3.57. The minimum absolute atomic E-state index is 0.0955. The average Bonchev–Trinajstić information content (AvgIpc) is 3.01. The van der Waals surface area contributed by atoms with Gasteiger partial charge in [-0.05, 0) is 28.5 Å². The van der Waals surface area contributed by atoms with Gasteiger partial charge in [0, 0.05) is 12.1 Å². The fraction of sp³-hybridized carbons (Fsp3) is 0.0833. The van der Waals surface area contributed by atoms with E-state index >= 15 is 0 Å². The van der Waals surface area contributed by atoms with Gasteiger partial charge in [-0.25, -0.2) is 0 Å². The topological polar surface area (TPSA) is 29.5 Å². The second-order valence-corrected chi connectivity index (χ2v) is 8.23. The van der Waals surface area contributed by atoms with E-state index in [2.05, 4.69) is 12.6 Å². The summed E-state index contributed by atoms with van der Waals surface area (Å²) < 4.78 is 6.70. The van der Waals surface area contributed by atoms with Crippen molar-refractivity contribution in [3.8, 4) is 5.75 Å². The van der Waals surface area contributed by atoms with E-state index in [0.717, 1.165) is 27.6 Å². The number of nitrogens with zero attached hydrogens (tertiary/aromatic N) is 1. The number of ether oxygens (including phenoxy) is 1. The number of thiocarbonyl (C=S) groups is 1. The molecule has 0 N–H and O–H groups in total. The monoisotopic (exact) mass is 417 g/mol. The Morgan fingerprint density at radius 2 is 1.79 bits per heavy atom. The summed E-state index contributed by atoms with van der Waals surface area (Å²) in [5.74, 6) is 0.642. The van der Waals surface area contributed by atoms with Gasteiger partial charge in [-0.1, -0.05) is 90.7 Å². The molecule has 1 saturated heterocycles. The molecule has 1 fully saturated rings. The van der Waals surface area contributed by atoms with Crippen LogP contribution in [-0.2, 0) is 11.4 Å². The number of thioether (sulfide) groups is 1. The van der Waals surface area contributed by atoms with Crippen LogP contribution >= 0.6 is 24.0 Å². The van der Waals surface area contributed by atoms with Crippen molar-refractivity contribution in [2.45, 2.75) is 6.61 Å². The van der Waals surface area contributed by atoms with Gasteiger partial charge in [-0.3, -0.25) is 9.69 Å². The molecular formula is C24H19NO2S2. The molecule has 0 unspecified atom stereocenters. The first-order valence-corrected chi connectivity index (χ1v) is 10.4. The van der Waals surface area contributed by atoms with Gasteiger partial charge < -0.3 is 4.74 Å². The lowest BCUT2D eigenvalue weighted by molar-refractivity contribution is -0.121. The number of amides is 1. The summed E-state index contributed by atoms with van der Waals surface area (Å²) in [5, 5.41) is 2.12. The maximum absolute atomic E-state index is 12.8. The highest BCUT2D eigenvalue weighted by Gasteiger charge is 2.31. The third-order valence-electron chi connectivity index (χ3n) is 4.63. The predicted molar refractivity (Wildman–Crippen MR) is 125 cm³/mol. The van der Waals surface area contributed by atoms with Gasteiger partial charge in [0.1, 0.15) is 16.7 Å². The molecule has 4 rings (SSSR count). The Kier molecular flexibility index (Phi) is 5.79. The van der Waals surface area contributed by atoms with Crippen LogP contribution in [0.3, 0.4) is 0 Å². The number of carbonyl (C=O) groups is 1. The maximum atomic E-state index is 12.8. The molecule has 1 aliphatic heterocycles. The summed E-state index contributed by atoms with van der Waals surface area (Å²) in [6, 6.07) is 22.1. The quantitative estimate of drug-likeness (QED) is 0.288. The molecule has 0 aliphatic carbocycles. The zero-order chi connectivity index (χ0) is 20.2. The highest BCUT2D eigenvalue weighted by Crippen LogP contribution is 2.37. The number of hydrogen-bond acceptors (Lipinski definition) is 4. The zero-order valence-electron chi connectivity index (χ0n) is 15.7. The standard InChI is InChI=1S/C24H19NO2S2/c1-2-14-25-23(26)22(29-24(25)28)15-20-19-11-7-6-10-18(19)12-13-21(20)27-16-17-8-4-3-5-9-17/h2-13,15H,1,14,16H2/b22-15-. The van der Waals surface area contributed by atoms with Gasteiger partial charge in [-0.15, -0.1) is 6.58 Å². The van der Waals surface area contributed by atoms with E-state index < -0.39 is 0 Å².